The number of fused-ring (bicyclic) bond motifs is 6. The van der Waals surface area contributed by atoms with Crippen molar-refractivity contribution in [2.24, 2.45) is 0 Å². The summed E-state index contributed by atoms with van der Waals surface area (Å²) < 4.78 is 14.6. The summed E-state index contributed by atoms with van der Waals surface area (Å²) in [6, 6.07) is 40.3. The number of carbonyl (C=O) groups is 2. The molecule has 0 bridgehead atoms. The van der Waals surface area contributed by atoms with Crippen LogP contribution in [-0.4, -0.2) is 86.6 Å². The van der Waals surface area contributed by atoms with E-state index in [1.165, 1.54) is 5.56 Å². The zero-order chi connectivity index (χ0) is 45.0. The minimum atomic E-state index is -0.0137. The number of methoxy groups -OCH3 is 2. The molecule has 2 saturated carbocycles. The minimum Gasteiger partial charge on any atom is -0.497 e. The van der Waals surface area contributed by atoms with Crippen LogP contribution in [0.15, 0.2) is 134 Å². The summed E-state index contributed by atoms with van der Waals surface area (Å²) in [6.07, 6.45) is 8.87. The summed E-state index contributed by atoms with van der Waals surface area (Å²) in [5.74, 6) is 2.29. The lowest BCUT2D eigenvalue weighted by Crippen LogP contribution is -2.25. The molecule has 332 valence electrons. The molecule has 5 aromatic carbocycles. The second-order valence-electron chi connectivity index (χ2n) is 16.6. The maximum Gasteiger partial charge on any atom is 0.251 e. The van der Waals surface area contributed by atoms with Gasteiger partial charge in [-0.25, -0.2) is 19.9 Å². The SMILES string of the molecule is COCCNc1nc2ccccc2n2c(-c3ccc(C(=O)NC4CC4)cc3)cnc12.COc1ccc(CCNc2nc3ccccc3n3c(-c4ccc(C(=O)NC5CC5)cc4)cnc23)cc1. The van der Waals surface area contributed by atoms with Crippen LogP contribution in [-0.2, 0) is 11.2 Å². The first-order chi connectivity index (χ1) is 32.4. The molecule has 0 unspecified atom stereocenters. The van der Waals surface area contributed by atoms with Crippen LogP contribution in [0.3, 0.4) is 0 Å². The number of hydrogen-bond donors (Lipinski definition) is 4. The summed E-state index contributed by atoms with van der Waals surface area (Å²) in [4.78, 5) is 43.7. The van der Waals surface area contributed by atoms with Crippen molar-refractivity contribution in [3.05, 3.63) is 150 Å². The van der Waals surface area contributed by atoms with E-state index >= 15 is 0 Å². The Labute approximate surface area is 381 Å². The Morgan fingerprint density at radius 1 is 0.591 bits per heavy atom. The van der Waals surface area contributed by atoms with Crippen molar-refractivity contribution < 1.29 is 19.1 Å². The quantitative estimate of drug-likeness (QED) is 0.0735. The van der Waals surface area contributed by atoms with Crippen molar-refractivity contribution in [1.29, 1.82) is 0 Å². The molecule has 0 aliphatic heterocycles. The van der Waals surface area contributed by atoms with Gasteiger partial charge in [0.25, 0.3) is 11.8 Å². The van der Waals surface area contributed by atoms with Crippen LogP contribution in [0.25, 0.3) is 55.9 Å². The molecule has 2 amide bonds. The van der Waals surface area contributed by atoms with Gasteiger partial charge < -0.3 is 30.7 Å². The lowest BCUT2D eigenvalue weighted by Gasteiger charge is -2.12. The molecule has 4 heterocycles. The molecule has 0 spiro atoms. The van der Waals surface area contributed by atoms with Gasteiger partial charge in [-0.15, -0.1) is 0 Å². The van der Waals surface area contributed by atoms with Crippen LogP contribution >= 0.6 is 0 Å². The number of benzene rings is 5. The number of rotatable bonds is 15. The maximum absolute atomic E-state index is 12.4. The van der Waals surface area contributed by atoms with E-state index < -0.39 is 0 Å². The molecule has 2 fully saturated rings. The average Bonchev–Trinajstić information content (AvgIpc) is 4.27. The molecule has 2 aliphatic carbocycles. The third-order valence-electron chi connectivity index (χ3n) is 11.8. The van der Waals surface area contributed by atoms with E-state index in [2.05, 4.69) is 53.3 Å². The molecular formula is C52H50N10O4. The van der Waals surface area contributed by atoms with Gasteiger partial charge >= 0.3 is 0 Å². The molecule has 14 heteroatoms. The minimum absolute atomic E-state index is 0.0125. The highest BCUT2D eigenvalue weighted by molar-refractivity contribution is 5.96. The predicted octanol–water partition coefficient (Wildman–Crippen LogP) is 8.60. The largest absolute Gasteiger partial charge is 0.497 e. The summed E-state index contributed by atoms with van der Waals surface area (Å²) in [5, 5.41) is 12.9. The number of imidazole rings is 2. The highest BCUT2D eigenvalue weighted by Crippen LogP contribution is 2.31. The van der Waals surface area contributed by atoms with E-state index in [1.807, 2.05) is 116 Å². The van der Waals surface area contributed by atoms with Crippen LogP contribution in [0.5, 0.6) is 5.75 Å². The fourth-order valence-corrected chi connectivity index (χ4v) is 7.97. The van der Waals surface area contributed by atoms with Gasteiger partial charge in [0.05, 0.1) is 59.6 Å². The normalized spacial score (nSPS) is 13.4. The first-order valence-corrected chi connectivity index (χ1v) is 22.4. The smallest absolute Gasteiger partial charge is 0.251 e. The molecule has 4 N–H and O–H groups in total. The summed E-state index contributed by atoms with van der Waals surface area (Å²) in [6.45, 7) is 1.95. The number of amides is 2. The number of carbonyl (C=O) groups excluding carboxylic acids is 2. The predicted molar refractivity (Wildman–Crippen MR) is 258 cm³/mol. The first-order valence-electron chi connectivity index (χ1n) is 22.4. The van der Waals surface area contributed by atoms with E-state index in [0.717, 1.165) is 112 Å². The number of nitrogens with zero attached hydrogens (tertiary/aromatic N) is 6. The van der Waals surface area contributed by atoms with Crippen LogP contribution in [0.1, 0.15) is 52.0 Å². The lowest BCUT2D eigenvalue weighted by atomic mass is 10.1. The summed E-state index contributed by atoms with van der Waals surface area (Å²) in [5.41, 5.74) is 11.7. The van der Waals surface area contributed by atoms with Crippen molar-refractivity contribution >= 4 is 56.8 Å². The lowest BCUT2D eigenvalue weighted by molar-refractivity contribution is 0.0942. The van der Waals surface area contributed by atoms with Gasteiger partial charge in [-0.1, -0.05) is 60.7 Å². The van der Waals surface area contributed by atoms with Crippen molar-refractivity contribution in [1.82, 2.24) is 39.4 Å². The highest BCUT2D eigenvalue weighted by Gasteiger charge is 2.25. The molecule has 0 atom stereocenters. The van der Waals surface area contributed by atoms with Gasteiger partial charge in [-0.2, -0.15) is 0 Å². The average molecular weight is 879 g/mol. The van der Waals surface area contributed by atoms with E-state index in [4.69, 9.17) is 24.4 Å². The second kappa shape index (κ2) is 18.7. The molecule has 0 saturated heterocycles. The maximum atomic E-state index is 12.4. The number of nitrogens with one attached hydrogen (secondary N) is 4. The standard InChI is InChI=1S/C29H27N5O2.C23H23N5O2/c1-36-23-14-6-19(7-15-23)16-17-30-27-28-31-18-26(34(28)25-5-3-2-4-24(25)33-27)20-8-10-21(11-9-20)29(35)32-22-12-13-22;1-30-13-12-24-21-22-25-14-20(28(22)19-5-3-2-4-18(19)27-21)15-6-8-16(9-7-15)23(29)26-17-10-11-17/h2-11,14-15,18,22H,12-13,16-17H2,1H3,(H,30,33)(H,32,35);2-9,14,17H,10-13H2,1H3,(H,24,27)(H,26,29). The summed E-state index contributed by atoms with van der Waals surface area (Å²) >= 11 is 0. The van der Waals surface area contributed by atoms with Crippen molar-refractivity contribution in [2.75, 3.05) is 44.5 Å². The van der Waals surface area contributed by atoms with Crippen LogP contribution < -0.4 is 26.0 Å². The molecule has 11 rings (SSSR count). The molecule has 0 radical (unpaired) electrons. The number of ether oxygens (including phenoxy) is 2. The Bertz CT molecular complexity index is 3180. The number of hydrogen-bond acceptors (Lipinski definition) is 10. The van der Waals surface area contributed by atoms with E-state index in [1.54, 1.807) is 14.2 Å². The zero-order valence-corrected chi connectivity index (χ0v) is 36.8. The second-order valence-corrected chi connectivity index (χ2v) is 16.6. The Kier molecular flexibility index (Phi) is 11.9. The van der Waals surface area contributed by atoms with Gasteiger partial charge in [0.2, 0.25) is 0 Å². The van der Waals surface area contributed by atoms with Gasteiger partial charge in [0, 0.05) is 54.5 Å². The van der Waals surface area contributed by atoms with Gasteiger partial charge in [0.15, 0.2) is 22.9 Å². The van der Waals surface area contributed by atoms with Gasteiger partial charge in [0.1, 0.15) is 5.75 Å². The monoisotopic (exact) mass is 878 g/mol. The third kappa shape index (κ3) is 9.08. The van der Waals surface area contributed by atoms with Crippen molar-refractivity contribution in [3.63, 3.8) is 0 Å². The third-order valence-corrected chi connectivity index (χ3v) is 11.8. The van der Waals surface area contributed by atoms with Crippen LogP contribution in [0.4, 0.5) is 11.6 Å². The molecule has 9 aromatic rings. The Morgan fingerprint density at radius 3 is 1.52 bits per heavy atom. The Balaban J connectivity index is 0.000000158. The van der Waals surface area contributed by atoms with E-state index in [0.29, 0.717) is 36.4 Å². The number of anilines is 2. The molecule has 4 aromatic heterocycles. The molecular weight excluding hydrogens is 829 g/mol. The van der Waals surface area contributed by atoms with E-state index in [9.17, 15) is 9.59 Å². The van der Waals surface area contributed by atoms with Gasteiger partial charge in [-0.05, 0) is 98.3 Å². The first kappa shape index (κ1) is 42.1. The fraction of sp³-hybridized carbons (Fsp3) is 0.231. The van der Waals surface area contributed by atoms with Crippen LogP contribution in [0.2, 0.25) is 0 Å². The number of para-hydroxylation sites is 4. The number of aromatic nitrogens is 6. The zero-order valence-electron chi connectivity index (χ0n) is 36.8. The molecule has 66 heavy (non-hydrogen) atoms. The van der Waals surface area contributed by atoms with Crippen LogP contribution in [0, 0.1) is 0 Å². The summed E-state index contributed by atoms with van der Waals surface area (Å²) in [7, 11) is 3.35. The fourth-order valence-electron chi connectivity index (χ4n) is 7.97. The molecule has 2 aliphatic rings. The topological polar surface area (TPSA) is 161 Å². The van der Waals surface area contributed by atoms with E-state index in [-0.39, 0.29) is 11.8 Å². The Morgan fingerprint density at radius 2 is 1.06 bits per heavy atom. The Hall–Kier alpha value is -7.84. The molecule has 14 nitrogen and oxygen atoms in total. The van der Waals surface area contributed by atoms with Crippen molar-refractivity contribution in [3.8, 4) is 28.3 Å². The highest BCUT2D eigenvalue weighted by atomic mass is 16.5. The van der Waals surface area contributed by atoms with Crippen molar-refractivity contribution in [2.45, 2.75) is 44.2 Å². The van der Waals surface area contributed by atoms with Gasteiger partial charge in [-0.3, -0.25) is 18.4 Å².